The van der Waals surface area contributed by atoms with E-state index in [-0.39, 0.29) is 11.0 Å². The summed E-state index contributed by atoms with van der Waals surface area (Å²) in [5.74, 6) is -0.347. The Morgan fingerprint density at radius 3 is 2.25 bits per heavy atom. The van der Waals surface area contributed by atoms with E-state index in [1.165, 1.54) is 6.92 Å². The second-order valence-corrected chi connectivity index (χ2v) is 7.47. The zero-order chi connectivity index (χ0) is 15.3. The van der Waals surface area contributed by atoms with E-state index >= 15 is 0 Å². The van der Waals surface area contributed by atoms with Gasteiger partial charge >= 0.3 is 0 Å². The molecule has 1 unspecified atom stereocenters. The lowest BCUT2D eigenvalue weighted by molar-refractivity contribution is -0.119. The molecule has 1 aromatic carbocycles. The number of hydrogen-bond acceptors (Lipinski definition) is 2. The normalized spacial score (nSPS) is 12.4. The Bertz CT molecular complexity index is 493. The van der Waals surface area contributed by atoms with Crippen molar-refractivity contribution < 1.29 is 4.79 Å². The number of halogens is 4. The summed E-state index contributed by atoms with van der Waals surface area (Å²) in [5, 5.41) is 8.33. The minimum atomic E-state index is -1.74. The third kappa shape index (κ3) is 6.45. The number of carbonyl (C=O) groups is 1. The molecule has 0 bridgehead atoms. The van der Waals surface area contributed by atoms with Crippen molar-refractivity contribution in [3.8, 4) is 0 Å². The van der Waals surface area contributed by atoms with E-state index in [1.54, 1.807) is 0 Å². The molecule has 0 radical (unpaired) electrons. The number of anilines is 1. The van der Waals surface area contributed by atoms with Gasteiger partial charge in [-0.15, -0.1) is 0 Å². The van der Waals surface area contributed by atoms with Crippen molar-refractivity contribution in [2.75, 3.05) is 5.32 Å². The van der Waals surface area contributed by atoms with Crippen LogP contribution in [-0.4, -0.2) is 21.0 Å². The lowest BCUT2D eigenvalue weighted by atomic mass is 10.3. The van der Waals surface area contributed by atoms with E-state index in [4.69, 9.17) is 47.0 Å². The number of amides is 1. The number of thiocarbonyl (C=S) groups is 1. The monoisotopic (exact) mass is 417 g/mol. The third-order valence-electron chi connectivity index (χ3n) is 2.05. The molecule has 110 valence electrons. The molecule has 1 rings (SSSR count). The second-order valence-electron chi connectivity index (χ2n) is 3.78. The van der Waals surface area contributed by atoms with Gasteiger partial charge in [0, 0.05) is 17.1 Å². The van der Waals surface area contributed by atoms with Gasteiger partial charge in [-0.2, -0.15) is 0 Å². The summed E-state index contributed by atoms with van der Waals surface area (Å²) in [6.45, 7) is 1.32. The van der Waals surface area contributed by atoms with Crippen molar-refractivity contribution in [1.82, 2.24) is 10.6 Å². The highest BCUT2D eigenvalue weighted by atomic mass is 79.9. The molecule has 0 aromatic heterocycles. The molecule has 3 N–H and O–H groups in total. The summed E-state index contributed by atoms with van der Waals surface area (Å²) < 4.78 is -0.795. The van der Waals surface area contributed by atoms with Gasteiger partial charge in [0.2, 0.25) is 9.70 Å². The number of alkyl halides is 3. The van der Waals surface area contributed by atoms with Gasteiger partial charge < -0.3 is 16.0 Å². The Morgan fingerprint density at radius 2 is 1.80 bits per heavy atom. The van der Waals surface area contributed by atoms with Gasteiger partial charge in [0.05, 0.1) is 0 Å². The van der Waals surface area contributed by atoms with Gasteiger partial charge in [-0.3, -0.25) is 4.79 Å². The number of hydrogen-bond donors (Lipinski definition) is 3. The maximum absolute atomic E-state index is 11.1. The molecular formula is C11H11BrCl3N3OS. The van der Waals surface area contributed by atoms with Gasteiger partial charge in [-0.05, 0) is 36.5 Å². The molecule has 1 aromatic rings. The van der Waals surface area contributed by atoms with Crippen LogP contribution in [-0.2, 0) is 4.79 Å². The average Bonchev–Trinajstić information content (AvgIpc) is 2.29. The van der Waals surface area contributed by atoms with Crippen LogP contribution in [0.15, 0.2) is 28.7 Å². The van der Waals surface area contributed by atoms with Gasteiger partial charge in [-0.1, -0.05) is 50.7 Å². The number of benzene rings is 1. The van der Waals surface area contributed by atoms with Crippen LogP contribution in [0.25, 0.3) is 0 Å². The van der Waals surface area contributed by atoms with E-state index in [0.29, 0.717) is 0 Å². The summed E-state index contributed by atoms with van der Waals surface area (Å²) in [6.07, 6.45) is -0.944. The largest absolute Gasteiger partial charge is 0.339 e. The van der Waals surface area contributed by atoms with Crippen LogP contribution in [0.4, 0.5) is 5.69 Å². The Kier molecular flexibility index (Phi) is 6.81. The van der Waals surface area contributed by atoms with Crippen LogP contribution in [0.1, 0.15) is 6.92 Å². The van der Waals surface area contributed by atoms with Crippen LogP contribution in [0, 0.1) is 0 Å². The smallest absolute Gasteiger partial charge is 0.228 e. The molecule has 0 aliphatic rings. The quantitative estimate of drug-likeness (QED) is 0.398. The molecule has 20 heavy (non-hydrogen) atoms. The van der Waals surface area contributed by atoms with Crippen LogP contribution >= 0.6 is 63.0 Å². The van der Waals surface area contributed by atoms with Crippen LogP contribution in [0.5, 0.6) is 0 Å². The maximum Gasteiger partial charge on any atom is 0.228 e. The fraction of sp³-hybridized carbons (Fsp3) is 0.273. The lowest BCUT2D eigenvalue weighted by Crippen LogP contribution is -2.55. The third-order valence-corrected chi connectivity index (χ3v) is 3.46. The molecule has 9 heteroatoms. The topological polar surface area (TPSA) is 53.2 Å². The second kappa shape index (κ2) is 7.66. The fourth-order valence-electron chi connectivity index (χ4n) is 1.23. The molecular weight excluding hydrogens is 408 g/mol. The molecule has 0 aliphatic heterocycles. The first kappa shape index (κ1) is 17.8. The van der Waals surface area contributed by atoms with Crippen molar-refractivity contribution in [2.24, 2.45) is 0 Å². The van der Waals surface area contributed by atoms with Crippen molar-refractivity contribution in [2.45, 2.75) is 16.9 Å². The summed E-state index contributed by atoms with van der Waals surface area (Å²) in [5.41, 5.74) is 0.761. The zero-order valence-corrected chi connectivity index (χ0v) is 14.9. The highest BCUT2D eigenvalue weighted by molar-refractivity contribution is 9.10. The van der Waals surface area contributed by atoms with Gasteiger partial charge in [-0.25, -0.2) is 0 Å². The first-order chi connectivity index (χ1) is 9.18. The molecule has 0 heterocycles. The van der Waals surface area contributed by atoms with E-state index in [0.717, 1.165) is 10.2 Å². The minimum absolute atomic E-state index is 0.220. The average molecular weight is 420 g/mol. The molecule has 1 atom stereocenters. The molecule has 0 aliphatic carbocycles. The van der Waals surface area contributed by atoms with Crippen molar-refractivity contribution >= 4 is 79.7 Å². The summed E-state index contributed by atoms with van der Waals surface area (Å²) in [4.78, 5) is 11.1. The van der Waals surface area contributed by atoms with E-state index in [1.807, 2.05) is 24.3 Å². The zero-order valence-electron chi connectivity index (χ0n) is 10.2. The first-order valence-corrected chi connectivity index (χ1v) is 7.69. The summed E-state index contributed by atoms with van der Waals surface area (Å²) in [7, 11) is 0. The molecule has 0 spiro atoms. The highest BCUT2D eigenvalue weighted by Crippen LogP contribution is 2.29. The predicted molar refractivity (Wildman–Crippen MR) is 91.4 cm³/mol. The lowest BCUT2D eigenvalue weighted by Gasteiger charge is -2.27. The minimum Gasteiger partial charge on any atom is -0.339 e. The molecule has 0 saturated carbocycles. The first-order valence-electron chi connectivity index (χ1n) is 5.35. The molecule has 0 saturated heterocycles. The highest BCUT2D eigenvalue weighted by Gasteiger charge is 2.33. The summed E-state index contributed by atoms with van der Waals surface area (Å²) in [6, 6.07) is 7.35. The van der Waals surface area contributed by atoms with E-state index < -0.39 is 9.96 Å². The Hall–Kier alpha value is -0.270. The van der Waals surface area contributed by atoms with Crippen LogP contribution < -0.4 is 16.0 Å². The van der Waals surface area contributed by atoms with Crippen LogP contribution in [0.2, 0.25) is 0 Å². The van der Waals surface area contributed by atoms with E-state index in [2.05, 4.69) is 31.9 Å². The van der Waals surface area contributed by atoms with E-state index in [9.17, 15) is 4.79 Å². The number of rotatable bonds is 3. The number of carbonyl (C=O) groups excluding carboxylic acids is 1. The molecule has 0 fully saturated rings. The Labute approximate surface area is 145 Å². The predicted octanol–water partition coefficient (Wildman–Crippen LogP) is 3.57. The Balaban J connectivity index is 2.66. The SMILES string of the molecule is CC(=O)NC(NC(=S)Nc1ccc(Br)cc1)C(Cl)(Cl)Cl. The van der Waals surface area contributed by atoms with Crippen molar-refractivity contribution in [3.63, 3.8) is 0 Å². The maximum atomic E-state index is 11.1. The van der Waals surface area contributed by atoms with Gasteiger partial charge in [0.25, 0.3) is 0 Å². The molecule has 1 amide bonds. The Morgan fingerprint density at radius 1 is 1.25 bits per heavy atom. The van der Waals surface area contributed by atoms with Crippen LogP contribution in [0.3, 0.4) is 0 Å². The fourth-order valence-corrected chi connectivity index (χ4v) is 2.06. The number of nitrogens with one attached hydrogen (secondary N) is 3. The standard InChI is InChI=1S/C11H11BrCl3N3OS/c1-6(19)16-9(11(13,14)15)18-10(20)17-8-4-2-7(12)3-5-8/h2-5,9H,1H3,(H,16,19)(H2,17,18,20). The van der Waals surface area contributed by atoms with Gasteiger partial charge in [0.1, 0.15) is 6.17 Å². The van der Waals surface area contributed by atoms with Gasteiger partial charge in [0.15, 0.2) is 5.11 Å². The van der Waals surface area contributed by atoms with Crippen molar-refractivity contribution in [3.05, 3.63) is 28.7 Å². The van der Waals surface area contributed by atoms with Crippen molar-refractivity contribution in [1.29, 1.82) is 0 Å². The summed E-state index contributed by atoms with van der Waals surface area (Å²) >= 11 is 25.7. The molecule has 4 nitrogen and oxygen atoms in total.